The molecule has 0 aromatic heterocycles. The highest BCUT2D eigenvalue weighted by Gasteiger charge is 2.49. The maximum Gasteiger partial charge on any atom is 0.322 e. The van der Waals surface area contributed by atoms with E-state index in [0.717, 1.165) is 0 Å². The summed E-state index contributed by atoms with van der Waals surface area (Å²) in [5, 5.41) is 2.72. The SMILES string of the molecule is COc1ccccc1N1C(=O)N[C@@H]2CS(=O)(=O)C[C@@H]21. The second-order valence-electron chi connectivity index (χ2n) is 4.74. The molecule has 1 N–H and O–H groups in total. The van der Waals surface area contributed by atoms with Crippen LogP contribution in [0, 0.1) is 0 Å². The normalized spacial score (nSPS) is 28.1. The van der Waals surface area contributed by atoms with Crippen LogP contribution in [0.3, 0.4) is 0 Å². The van der Waals surface area contributed by atoms with E-state index in [1.807, 2.05) is 0 Å². The van der Waals surface area contributed by atoms with Crippen molar-refractivity contribution in [3.8, 4) is 5.75 Å². The minimum atomic E-state index is -3.09. The molecule has 6 nitrogen and oxygen atoms in total. The van der Waals surface area contributed by atoms with Crippen LogP contribution >= 0.6 is 0 Å². The number of benzene rings is 1. The van der Waals surface area contributed by atoms with Crippen molar-refractivity contribution in [2.24, 2.45) is 0 Å². The molecule has 2 saturated heterocycles. The van der Waals surface area contributed by atoms with Gasteiger partial charge in [0.1, 0.15) is 5.75 Å². The molecular formula is C12H14N2O4S. The number of ether oxygens (including phenoxy) is 1. The zero-order valence-electron chi connectivity index (χ0n) is 10.4. The molecule has 0 bridgehead atoms. The first kappa shape index (κ1) is 12.3. The Morgan fingerprint density at radius 1 is 1.32 bits per heavy atom. The van der Waals surface area contributed by atoms with Crippen molar-refractivity contribution in [1.29, 1.82) is 0 Å². The predicted octanol–water partition coefficient (Wildman–Crippen LogP) is 0.390. The van der Waals surface area contributed by atoms with Gasteiger partial charge in [0.25, 0.3) is 0 Å². The summed E-state index contributed by atoms with van der Waals surface area (Å²) in [6.07, 6.45) is 0. The van der Waals surface area contributed by atoms with Crippen molar-refractivity contribution in [3.63, 3.8) is 0 Å². The molecule has 3 rings (SSSR count). The number of amides is 2. The summed E-state index contributed by atoms with van der Waals surface area (Å²) < 4.78 is 28.6. The van der Waals surface area contributed by atoms with Crippen molar-refractivity contribution >= 4 is 21.6 Å². The van der Waals surface area contributed by atoms with Gasteiger partial charge in [-0.2, -0.15) is 0 Å². The largest absolute Gasteiger partial charge is 0.495 e. The van der Waals surface area contributed by atoms with E-state index in [4.69, 9.17) is 4.74 Å². The number of sulfone groups is 1. The monoisotopic (exact) mass is 282 g/mol. The van der Waals surface area contributed by atoms with Crippen LogP contribution in [-0.4, -0.2) is 45.1 Å². The van der Waals surface area contributed by atoms with Gasteiger partial charge in [0, 0.05) is 0 Å². The first-order chi connectivity index (χ1) is 9.02. The highest BCUT2D eigenvalue weighted by atomic mass is 32.2. The third-order valence-corrected chi connectivity index (χ3v) is 5.24. The maximum atomic E-state index is 12.0. The third-order valence-electron chi connectivity index (χ3n) is 3.53. The van der Waals surface area contributed by atoms with Crippen LogP contribution in [0.4, 0.5) is 10.5 Å². The van der Waals surface area contributed by atoms with E-state index < -0.39 is 9.84 Å². The highest BCUT2D eigenvalue weighted by molar-refractivity contribution is 7.91. The van der Waals surface area contributed by atoms with Gasteiger partial charge in [0.2, 0.25) is 0 Å². The second kappa shape index (κ2) is 4.12. The summed E-state index contributed by atoms with van der Waals surface area (Å²) in [6, 6.07) is 6.15. The van der Waals surface area contributed by atoms with E-state index in [1.54, 1.807) is 24.3 Å². The van der Waals surface area contributed by atoms with E-state index >= 15 is 0 Å². The Kier molecular flexibility index (Phi) is 2.67. The molecule has 1 aromatic carbocycles. The molecule has 7 heteroatoms. The first-order valence-electron chi connectivity index (χ1n) is 5.95. The van der Waals surface area contributed by atoms with Crippen LogP contribution < -0.4 is 15.0 Å². The van der Waals surface area contributed by atoms with Gasteiger partial charge in [-0.15, -0.1) is 0 Å². The Bertz CT molecular complexity index is 628. The van der Waals surface area contributed by atoms with E-state index in [-0.39, 0.29) is 29.6 Å². The Labute approximate surface area is 111 Å². The number of rotatable bonds is 2. The van der Waals surface area contributed by atoms with Gasteiger partial charge in [-0.05, 0) is 12.1 Å². The molecule has 0 aliphatic carbocycles. The number of nitrogens with zero attached hydrogens (tertiary/aromatic N) is 1. The average molecular weight is 282 g/mol. The number of para-hydroxylation sites is 2. The number of fused-ring (bicyclic) bond motifs is 1. The van der Waals surface area contributed by atoms with Crippen molar-refractivity contribution < 1.29 is 17.9 Å². The summed E-state index contributed by atoms with van der Waals surface area (Å²) in [5.74, 6) is 0.561. The lowest BCUT2D eigenvalue weighted by Crippen LogP contribution is -2.37. The number of hydrogen-bond donors (Lipinski definition) is 1. The summed E-state index contributed by atoms with van der Waals surface area (Å²) in [4.78, 5) is 13.5. The molecule has 0 unspecified atom stereocenters. The van der Waals surface area contributed by atoms with Crippen LogP contribution in [0.15, 0.2) is 24.3 Å². The first-order valence-corrected chi connectivity index (χ1v) is 7.77. The standard InChI is InChI=1S/C12H14N2O4S/c1-18-11-5-3-2-4-9(11)14-10-7-19(16,17)6-8(10)13-12(14)15/h2-5,8,10H,6-7H2,1H3,(H,13,15)/t8-,10+/m1/s1. The Balaban J connectivity index is 2.02. The number of anilines is 1. The number of hydrogen-bond acceptors (Lipinski definition) is 4. The lowest BCUT2D eigenvalue weighted by atomic mass is 10.1. The molecule has 0 spiro atoms. The van der Waals surface area contributed by atoms with E-state index in [0.29, 0.717) is 11.4 Å². The number of urea groups is 1. The van der Waals surface area contributed by atoms with Crippen LogP contribution in [0.25, 0.3) is 0 Å². The van der Waals surface area contributed by atoms with Crippen LogP contribution in [-0.2, 0) is 9.84 Å². The summed E-state index contributed by atoms with van der Waals surface area (Å²) in [5.41, 5.74) is 0.604. The molecule has 19 heavy (non-hydrogen) atoms. The third kappa shape index (κ3) is 1.94. The maximum absolute atomic E-state index is 12.0. The molecule has 2 aliphatic heterocycles. The fourth-order valence-electron chi connectivity index (χ4n) is 2.72. The molecule has 0 saturated carbocycles. The molecule has 1 aromatic rings. The number of nitrogens with one attached hydrogen (secondary N) is 1. The highest BCUT2D eigenvalue weighted by Crippen LogP contribution is 2.35. The molecule has 2 aliphatic rings. The van der Waals surface area contributed by atoms with Crippen LogP contribution in [0.5, 0.6) is 5.75 Å². The smallest absolute Gasteiger partial charge is 0.322 e. The minimum Gasteiger partial charge on any atom is -0.495 e. The van der Waals surface area contributed by atoms with Crippen LogP contribution in [0.2, 0.25) is 0 Å². The quantitative estimate of drug-likeness (QED) is 0.796. The lowest BCUT2D eigenvalue weighted by molar-refractivity contribution is 0.251. The Hall–Kier alpha value is -1.76. The zero-order valence-corrected chi connectivity index (χ0v) is 11.2. The number of carbonyl (C=O) groups is 1. The minimum absolute atomic E-state index is 0.00550. The van der Waals surface area contributed by atoms with Gasteiger partial charge >= 0.3 is 6.03 Å². The summed E-state index contributed by atoms with van der Waals surface area (Å²) in [7, 11) is -1.56. The van der Waals surface area contributed by atoms with Gasteiger partial charge in [0.15, 0.2) is 9.84 Å². The van der Waals surface area contributed by atoms with Crippen molar-refractivity contribution in [2.45, 2.75) is 12.1 Å². The Morgan fingerprint density at radius 3 is 2.79 bits per heavy atom. The molecule has 0 radical (unpaired) electrons. The van der Waals surface area contributed by atoms with Gasteiger partial charge < -0.3 is 10.1 Å². The zero-order chi connectivity index (χ0) is 13.6. The van der Waals surface area contributed by atoms with E-state index in [9.17, 15) is 13.2 Å². The molecule has 2 amide bonds. The molecule has 2 fully saturated rings. The average Bonchev–Trinajstić information content (AvgIpc) is 2.79. The number of carbonyl (C=O) groups excluding carboxylic acids is 1. The van der Waals surface area contributed by atoms with E-state index in [1.165, 1.54) is 12.0 Å². The van der Waals surface area contributed by atoms with Gasteiger partial charge in [0.05, 0.1) is 36.4 Å². The van der Waals surface area contributed by atoms with Crippen molar-refractivity contribution in [3.05, 3.63) is 24.3 Å². The van der Waals surface area contributed by atoms with Crippen molar-refractivity contribution in [1.82, 2.24) is 5.32 Å². The molecule has 2 heterocycles. The second-order valence-corrected chi connectivity index (χ2v) is 6.90. The molecule has 2 atom stereocenters. The lowest BCUT2D eigenvalue weighted by Gasteiger charge is -2.23. The summed E-state index contributed by atoms with van der Waals surface area (Å²) in [6.45, 7) is 0. The van der Waals surface area contributed by atoms with Crippen LogP contribution in [0.1, 0.15) is 0 Å². The topological polar surface area (TPSA) is 75.7 Å². The van der Waals surface area contributed by atoms with Crippen molar-refractivity contribution in [2.75, 3.05) is 23.5 Å². The molecule has 102 valence electrons. The van der Waals surface area contributed by atoms with E-state index in [2.05, 4.69) is 5.32 Å². The van der Waals surface area contributed by atoms with Gasteiger partial charge in [-0.1, -0.05) is 12.1 Å². The number of methoxy groups -OCH3 is 1. The fourth-order valence-corrected chi connectivity index (χ4v) is 4.61. The Morgan fingerprint density at radius 2 is 2.05 bits per heavy atom. The van der Waals surface area contributed by atoms with Gasteiger partial charge in [-0.25, -0.2) is 13.2 Å². The van der Waals surface area contributed by atoms with Gasteiger partial charge in [-0.3, -0.25) is 4.90 Å². The molecular weight excluding hydrogens is 268 g/mol. The summed E-state index contributed by atoms with van der Waals surface area (Å²) >= 11 is 0. The predicted molar refractivity (Wildman–Crippen MR) is 70.2 cm³/mol. The fraction of sp³-hybridized carbons (Fsp3) is 0.417.